The predicted octanol–water partition coefficient (Wildman–Crippen LogP) is 12.9. The lowest BCUT2D eigenvalue weighted by molar-refractivity contribution is 1.19. The van der Waals surface area contributed by atoms with Crippen molar-refractivity contribution in [3.8, 4) is 27.9 Å². The maximum absolute atomic E-state index is 2.44. The third-order valence-corrected chi connectivity index (χ3v) is 11.5. The highest BCUT2D eigenvalue weighted by atomic mass is 32.1. The molecule has 0 saturated carbocycles. The van der Waals surface area contributed by atoms with Crippen LogP contribution in [-0.2, 0) is 0 Å². The van der Waals surface area contributed by atoms with Crippen LogP contribution in [0.25, 0.3) is 90.1 Å². The first-order valence-corrected chi connectivity index (χ1v) is 16.9. The second kappa shape index (κ2) is 9.64. The Hall–Kier alpha value is -5.22. The Morgan fingerprint density at radius 3 is 1.93 bits per heavy atom. The third kappa shape index (κ3) is 3.85. The molecule has 10 aromatic rings. The highest BCUT2D eigenvalue weighted by molar-refractivity contribution is 7.27. The zero-order valence-electron chi connectivity index (χ0n) is 24.2. The number of rotatable bonds is 3. The van der Waals surface area contributed by atoms with Crippen molar-refractivity contribution < 1.29 is 0 Å². The molecular formula is C42H25NS2. The number of fused-ring (bicyclic) bond motifs is 9. The van der Waals surface area contributed by atoms with Gasteiger partial charge in [0.15, 0.2) is 0 Å². The molecule has 0 amide bonds. The summed E-state index contributed by atoms with van der Waals surface area (Å²) in [5.74, 6) is 0. The minimum Gasteiger partial charge on any atom is -0.308 e. The molecule has 0 N–H and O–H groups in total. The summed E-state index contributed by atoms with van der Waals surface area (Å²) in [5, 5.41) is 7.89. The van der Waals surface area contributed by atoms with E-state index in [9.17, 15) is 0 Å². The maximum Gasteiger partial charge on any atom is 0.0727 e. The molecule has 0 aliphatic carbocycles. The Bertz CT molecular complexity index is 2760. The minimum absolute atomic E-state index is 1.19. The molecule has 0 bridgehead atoms. The van der Waals surface area contributed by atoms with Crippen molar-refractivity contribution in [2.75, 3.05) is 0 Å². The molecule has 0 saturated heterocycles. The number of thiophene rings is 2. The van der Waals surface area contributed by atoms with Crippen molar-refractivity contribution in [1.29, 1.82) is 0 Å². The molecule has 3 heteroatoms. The molecule has 0 aliphatic heterocycles. The number of hydrogen-bond donors (Lipinski definition) is 0. The SMILES string of the molecule is c1ccc(-n2c3ccccc3c3sc4ccc(-c5cccc(-c6ccc7c(c6)sc6cc8ccccc8cc67)c5)cc4c32)cc1. The van der Waals surface area contributed by atoms with Gasteiger partial charge in [0.1, 0.15) is 0 Å². The smallest absolute Gasteiger partial charge is 0.0727 e. The first kappa shape index (κ1) is 25.1. The fourth-order valence-corrected chi connectivity index (χ4v) is 9.39. The normalized spacial score (nSPS) is 12.0. The summed E-state index contributed by atoms with van der Waals surface area (Å²) in [7, 11) is 0. The van der Waals surface area contributed by atoms with Gasteiger partial charge in [0.05, 0.1) is 15.7 Å². The molecule has 0 fully saturated rings. The van der Waals surface area contributed by atoms with E-state index < -0.39 is 0 Å². The molecule has 1 nitrogen and oxygen atoms in total. The first-order valence-electron chi connectivity index (χ1n) is 15.3. The Kier molecular flexibility index (Phi) is 5.39. The second-order valence-corrected chi connectivity index (χ2v) is 13.9. The second-order valence-electron chi connectivity index (χ2n) is 11.8. The number of aromatic nitrogens is 1. The summed E-state index contributed by atoms with van der Waals surface area (Å²) < 4.78 is 7.78. The average molecular weight is 608 g/mol. The van der Waals surface area contributed by atoms with Crippen LogP contribution in [0.15, 0.2) is 152 Å². The lowest BCUT2D eigenvalue weighted by Gasteiger charge is -2.09. The molecule has 0 atom stereocenters. The average Bonchev–Trinajstić information content (AvgIpc) is 3.75. The zero-order valence-corrected chi connectivity index (χ0v) is 25.8. The highest BCUT2D eigenvalue weighted by Crippen LogP contribution is 2.44. The van der Waals surface area contributed by atoms with E-state index in [4.69, 9.17) is 0 Å². The molecule has 0 radical (unpaired) electrons. The van der Waals surface area contributed by atoms with Crippen LogP contribution in [0, 0.1) is 0 Å². The van der Waals surface area contributed by atoms with E-state index in [2.05, 4.69) is 156 Å². The lowest BCUT2D eigenvalue weighted by Crippen LogP contribution is -1.92. The van der Waals surface area contributed by atoms with Crippen molar-refractivity contribution in [3.05, 3.63) is 152 Å². The van der Waals surface area contributed by atoms with Gasteiger partial charge < -0.3 is 4.57 Å². The quantitative estimate of drug-likeness (QED) is 0.188. The Balaban J connectivity index is 1.12. The number of benzene rings is 7. The van der Waals surface area contributed by atoms with Gasteiger partial charge in [-0.2, -0.15) is 0 Å². The molecule has 0 aliphatic rings. The number of hydrogen-bond acceptors (Lipinski definition) is 2. The molecule has 210 valence electrons. The molecular weight excluding hydrogens is 583 g/mol. The van der Waals surface area contributed by atoms with Crippen molar-refractivity contribution in [2.45, 2.75) is 0 Å². The van der Waals surface area contributed by atoms with Crippen molar-refractivity contribution in [1.82, 2.24) is 4.57 Å². The zero-order chi connectivity index (χ0) is 29.5. The van der Waals surface area contributed by atoms with E-state index in [0.717, 1.165) is 0 Å². The van der Waals surface area contributed by atoms with E-state index >= 15 is 0 Å². The van der Waals surface area contributed by atoms with Gasteiger partial charge >= 0.3 is 0 Å². The Morgan fingerprint density at radius 1 is 0.378 bits per heavy atom. The summed E-state index contributed by atoms with van der Waals surface area (Å²) in [5.41, 5.74) is 8.71. The summed E-state index contributed by atoms with van der Waals surface area (Å²) in [6.45, 7) is 0. The Morgan fingerprint density at radius 2 is 1.07 bits per heavy atom. The largest absolute Gasteiger partial charge is 0.308 e. The fraction of sp³-hybridized carbons (Fsp3) is 0. The van der Waals surface area contributed by atoms with Crippen LogP contribution in [-0.4, -0.2) is 4.57 Å². The van der Waals surface area contributed by atoms with Crippen LogP contribution < -0.4 is 0 Å². The van der Waals surface area contributed by atoms with Gasteiger partial charge in [0.25, 0.3) is 0 Å². The van der Waals surface area contributed by atoms with E-state index in [1.165, 1.54) is 90.1 Å². The number of nitrogens with zero attached hydrogens (tertiary/aromatic N) is 1. The fourth-order valence-electron chi connectivity index (χ4n) is 7.02. The molecule has 0 spiro atoms. The molecule has 3 heterocycles. The molecule has 0 unspecified atom stereocenters. The maximum atomic E-state index is 2.44. The molecule has 45 heavy (non-hydrogen) atoms. The van der Waals surface area contributed by atoms with Gasteiger partial charge in [0.2, 0.25) is 0 Å². The van der Waals surface area contributed by atoms with Crippen LogP contribution >= 0.6 is 22.7 Å². The molecule has 10 rings (SSSR count). The van der Waals surface area contributed by atoms with Gasteiger partial charge in [-0.05, 0) is 87.6 Å². The standard InChI is InChI=1S/C42H25NS2/c1-2-13-32(14-3-1)43-37-16-7-6-15-34(37)42-41(43)36-23-30(18-20-38(36)45-42)26-11-8-12-27(21-26)31-17-19-33-35-22-28-9-4-5-10-29(28)24-40(35)44-39(33)25-31/h1-25H. The van der Waals surface area contributed by atoms with Crippen molar-refractivity contribution in [2.24, 2.45) is 0 Å². The topological polar surface area (TPSA) is 4.93 Å². The lowest BCUT2D eigenvalue weighted by atomic mass is 9.97. The van der Waals surface area contributed by atoms with E-state index in [-0.39, 0.29) is 0 Å². The number of para-hydroxylation sites is 2. The predicted molar refractivity (Wildman–Crippen MR) is 197 cm³/mol. The van der Waals surface area contributed by atoms with Gasteiger partial charge in [0, 0.05) is 41.3 Å². The molecule has 3 aromatic heterocycles. The summed E-state index contributed by atoms with van der Waals surface area (Å²) in [6.07, 6.45) is 0. The monoisotopic (exact) mass is 607 g/mol. The van der Waals surface area contributed by atoms with Crippen LogP contribution in [0.3, 0.4) is 0 Å². The first-order chi connectivity index (χ1) is 22.3. The van der Waals surface area contributed by atoms with E-state index in [1.807, 2.05) is 22.7 Å². The van der Waals surface area contributed by atoms with Gasteiger partial charge in [-0.3, -0.25) is 0 Å². The van der Waals surface area contributed by atoms with Crippen LogP contribution in [0.5, 0.6) is 0 Å². The van der Waals surface area contributed by atoms with Crippen molar-refractivity contribution >= 4 is 84.8 Å². The van der Waals surface area contributed by atoms with Crippen LogP contribution in [0.2, 0.25) is 0 Å². The van der Waals surface area contributed by atoms with Gasteiger partial charge in [-0.1, -0.05) is 97.1 Å². The van der Waals surface area contributed by atoms with E-state index in [1.54, 1.807) is 0 Å². The highest BCUT2D eigenvalue weighted by Gasteiger charge is 2.18. The summed E-state index contributed by atoms with van der Waals surface area (Å²) >= 11 is 3.78. The Labute approximate surface area is 267 Å². The third-order valence-electron chi connectivity index (χ3n) is 9.16. The summed E-state index contributed by atoms with van der Waals surface area (Å²) in [4.78, 5) is 0. The van der Waals surface area contributed by atoms with Crippen LogP contribution in [0.1, 0.15) is 0 Å². The van der Waals surface area contributed by atoms with Crippen molar-refractivity contribution in [3.63, 3.8) is 0 Å². The molecule has 7 aromatic carbocycles. The van der Waals surface area contributed by atoms with Crippen LogP contribution in [0.4, 0.5) is 0 Å². The van der Waals surface area contributed by atoms with Gasteiger partial charge in [-0.25, -0.2) is 0 Å². The summed E-state index contributed by atoms with van der Waals surface area (Å²) in [6, 6.07) is 55.8. The van der Waals surface area contributed by atoms with E-state index in [0.29, 0.717) is 0 Å². The van der Waals surface area contributed by atoms with Gasteiger partial charge in [-0.15, -0.1) is 22.7 Å². The minimum atomic E-state index is 1.19.